The van der Waals surface area contributed by atoms with E-state index in [4.69, 9.17) is 10.5 Å². The van der Waals surface area contributed by atoms with E-state index in [0.717, 1.165) is 11.1 Å². The molecule has 0 aliphatic carbocycles. The summed E-state index contributed by atoms with van der Waals surface area (Å²) in [7, 11) is 0. The number of aldehydes is 1. The van der Waals surface area contributed by atoms with Gasteiger partial charge in [0.2, 0.25) is 0 Å². The van der Waals surface area contributed by atoms with E-state index in [2.05, 4.69) is 0 Å². The zero-order chi connectivity index (χ0) is 15.8. The highest BCUT2D eigenvalue weighted by molar-refractivity contribution is 5.88. The van der Waals surface area contributed by atoms with E-state index >= 15 is 0 Å². The molecular formula is C18H15NO3. The molecular weight excluding hydrogens is 278 g/mol. The number of benzene rings is 2. The molecule has 0 bridgehead atoms. The van der Waals surface area contributed by atoms with Crippen molar-refractivity contribution in [3.63, 3.8) is 0 Å². The molecule has 2 N–H and O–H groups in total. The Morgan fingerprint density at radius 1 is 1.00 bits per heavy atom. The first-order chi connectivity index (χ1) is 10.7. The van der Waals surface area contributed by atoms with E-state index in [9.17, 15) is 9.59 Å². The molecule has 0 unspecified atom stereocenters. The molecule has 2 aromatic rings. The molecule has 0 saturated carbocycles. The van der Waals surface area contributed by atoms with Crippen LogP contribution in [-0.4, -0.2) is 12.3 Å². The second kappa shape index (κ2) is 7.59. The smallest absolute Gasteiger partial charge is 0.336 e. The molecule has 0 spiro atoms. The topological polar surface area (TPSA) is 69.4 Å². The van der Waals surface area contributed by atoms with Crippen molar-refractivity contribution in [3.05, 3.63) is 71.8 Å². The van der Waals surface area contributed by atoms with E-state index in [1.807, 2.05) is 24.3 Å². The van der Waals surface area contributed by atoms with Crippen LogP contribution in [-0.2, 0) is 9.59 Å². The molecule has 0 amide bonds. The van der Waals surface area contributed by atoms with Gasteiger partial charge in [-0.1, -0.05) is 24.3 Å². The van der Waals surface area contributed by atoms with Gasteiger partial charge in [-0.25, -0.2) is 4.79 Å². The van der Waals surface area contributed by atoms with Crippen molar-refractivity contribution in [2.75, 3.05) is 5.73 Å². The van der Waals surface area contributed by atoms with Crippen LogP contribution in [0.4, 0.5) is 5.69 Å². The van der Waals surface area contributed by atoms with E-state index in [0.29, 0.717) is 17.7 Å². The van der Waals surface area contributed by atoms with Crippen LogP contribution in [0.5, 0.6) is 5.75 Å². The number of esters is 1. The van der Waals surface area contributed by atoms with Crippen LogP contribution in [0.2, 0.25) is 0 Å². The lowest BCUT2D eigenvalue weighted by Crippen LogP contribution is -2.03. The Labute approximate surface area is 128 Å². The van der Waals surface area contributed by atoms with Gasteiger partial charge >= 0.3 is 5.97 Å². The fourth-order valence-corrected chi connectivity index (χ4v) is 1.77. The summed E-state index contributed by atoms with van der Waals surface area (Å²) in [6.07, 6.45) is 6.82. The molecule has 110 valence electrons. The van der Waals surface area contributed by atoms with Gasteiger partial charge in [0, 0.05) is 11.8 Å². The minimum Gasteiger partial charge on any atom is -0.423 e. The number of hydrogen-bond donors (Lipinski definition) is 1. The standard InChI is InChI=1S/C18H15NO3/c19-16-7-9-17(10-8-16)22-18(21)11-6-15-4-1-3-14(13-15)5-2-12-20/h1-13H,19H2/b5-2+,11-6+. The summed E-state index contributed by atoms with van der Waals surface area (Å²) in [6, 6.07) is 14.0. The third-order valence-corrected chi connectivity index (χ3v) is 2.79. The molecule has 4 nitrogen and oxygen atoms in total. The summed E-state index contributed by atoms with van der Waals surface area (Å²) < 4.78 is 5.14. The van der Waals surface area contributed by atoms with Gasteiger partial charge in [-0.05, 0) is 53.6 Å². The van der Waals surface area contributed by atoms with Gasteiger partial charge in [0.15, 0.2) is 0 Å². The first-order valence-corrected chi connectivity index (χ1v) is 6.65. The van der Waals surface area contributed by atoms with Crippen molar-refractivity contribution in [2.24, 2.45) is 0 Å². The van der Waals surface area contributed by atoms with Crippen molar-refractivity contribution in [2.45, 2.75) is 0 Å². The highest BCUT2D eigenvalue weighted by Crippen LogP contribution is 2.14. The lowest BCUT2D eigenvalue weighted by molar-refractivity contribution is -0.128. The molecule has 0 heterocycles. The number of carbonyl (C=O) groups excluding carboxylic acids is 2. The molecule has 2 rings (SSSR count). The van der Waals surface area contributed by atoms with E-state index in [-0.39, 0.29) is 0 Å². The fraction of sp³-hybridized carbons (Fsp3) is 0. The lowest BCUT2D eigenvalue weighted by atomic mass is 10.1. The first-order valence-electron chi connectivity index (χ1n) is 6.65. The summed E-state index contributed by atoms with van der Waals surface area (Å²) in [5, 5.41) is 0. The van der Waals surface area contributed by atoms with Crippen molar-refractivity contribution >= 4 is 30.1 Å². The third-order valence-electron chi connectivity index (χ3n) is 2.79. The van der Waals surface area contributed by atoms with Crippen molar-refractivity contribution in [1.82, 2.24) is 0 Å². The number of nitrogens with two attached hydrogens (primary N) is 1. The Bertz CT molecular complexity index is 715. The van der Waals surface area contributed by atoms with Gasteiger partial charge < -0.3 is 10.5 Å². The highest BCUT2D eigenvalue weighted by atomic mass is 16.5. The maximum absolute atomic E-state index is 11.7. The highest BCUT2D eigenvalue weighted by Gasteiger charge is 2.00. The zero-order valence-electron chi connectivity index (χ0n) is 11.8. The third kappa shape index (κ3) is 4.76. The van der Waals surface area contributed by atoms with Crippen LogP contribution < -0.4 is 10.5 Å². The van der Waals surface area contributed by atoms with Crippen LogP contribution in [0, 0.1) is 0 Å². The van der Waals surface area contributed by atoms with Crippen LogP contribution in [0.3, 0.4) is 0 Å². The van der Waals surface area contributed by atoms with Gasteiger partial charge in [-0.15, -0.1) is 0 Å². The number of carbonyl (C=O) groups is 2. The number of ether oxygens (including phenoxy) is 1. The molecule has 0 aliphatic heterocycles. The maximum atomic E-state index is 11.7. The summed E-state index contributed by atoms with van der Waals surface area (Å²) in [5.41, 5.74) is 7.88. The number of nitrogen functional groups attached to an aromatic ring is 1. The summed E-state index contributed by atoms with van der Waals surface area (Å²) in [5.74, 6) is -0.0369. The van der Waals surface area contributed by atoms with Crippen LogP contribution in [0.25, 0.3) is 12.2 Å². The average Bonchev–Trinajstić information content (AvgIpc) is 2.53. The molecule has 0 fully saturated rings. The normalized spacial score (nSPS) is 10.9. The Balaban J connectivity index is 2.01. The number of allylic oxidation sites excluding steroid dienone is 1. The van der Waals surface area contributed by atoms with Crippen molar-refractivity contribution in [3.8, 4) is 5.75 Å². The Hall–Kier alpha value is -3.14. The minimum atomic E-state index is -0.474. The lowest BCUT2D eigenvalue weighted by Gasteiger charge is -2.01. The number of anilines is 1. The number of rotatable bonds is 5. The van der Waals surface area contributed by atoms with E-state index in [1.54, 1.807) is 36.4 Å². The monoisotopic (exact) mass is 293 g/mol. The minimum absolute atomic E-state index is 0.437. The van der Waals surface area contributed by atoms with Gasteiger partial charge in [0.25, 0.3) is 0 Å². The van der Waals surface area contributed by atoms with Gasteiger partial charge in [0.1, 0.15) is 12.0 Å². The van der Waals surface area contributed by atoms with Gasteiger partial charge in [-0.3, -0.25) is 4.79 Å². The average molecular weight is 293 g/mol. The maximum Gasteiger partial charge on any atom is 0.336 e. The number of hydrogen-bond acceptors (Lipinski definition) is 4. The van der Waals surface area contributed by atoms with E-state index in [1.165, 1.54) is 12.2 Å². The second-order valence-electron chi connectivity index (χ2n) is 4.49. The SMILES string of the molecule is Nc1ccc(OC(=O)/C=C/c2cccc(/C=C/C=O)c2)cc1. The summed E-state index contributed by atoms with van der Waals surface area (Å²) in [4.78, 5) is 22.0. The van der Waals surface area contributed by atoms with Crippen LogP contribution >= 0.6 is 0 Å². The van der Waals surface area contributed by atoms with Crippen LogP contribution in [0.15, 0.2) is 60.7 Å². The quantitative estimate of drug-likeness (QED) is 0.302. The molecule has 0 saturated heterocycles. The second-order valence-corrected chi connectivity index (χ2v) is 4.49. The Morgan fingerprint density at radius 3 is 2.36 bits per heavy atom. The Kier molecular flexibility index (Phi) is 5.26. The van der Waals surface area contributed by atoms with E-state index < -0.39 is 5.97 Å². The summed E-state index contributed by atoms with van der Waals surface area (Å²) in [6.45, 7) is 0. The van der Waals surface area contributed by atoms with Crippen LogP contribution in [0.1, 0.15) is 11.1 Å². The van der Waals surface area contributed by atoms with Crippen molar-refractivity contribution < 1.29 is 14.3 Å². The summed E-state index contributed by atoms with van der Waals surface area (Å²) >= 11 is 0. The zero-order valence-corrected chi connectivity index (χ0v) is 11.8. The molecule has 22 heavy (non-hydrogen) atoms. The predicted octanol–water partition coefficient (Wildman–Crippen LogP) is 3.10. The van der Waals surface area contributed by atoms with Gasteiger partial charge in [-0.2, -0.15) is 0 Å². The predicted molar refractivity (Wildman–Crippen MR) is 87.1 cm³/mol. The largest absolute Gasteiger partial charge is 0.423 e. The molecule has 4 heteroatoms. The van der Waals surface area contributed by atoms with Gasteiger partial charge in [0.05, 0.1) is 0 Å². The fourth-order valence-electron chi connectivity index (χ4n) is 1.77. The Morgan fingerprint density at radius 2 is 1.68 bits per heavy atom. The van der Waals surface area contributed by atoms with Crippen molar-refractivity contribution in [1.29, 1.82) is 0 Å². The molecule has 0 atom stereocenters. The first kappa shape index (κ1) is 15.3. The molecule has 2 aromatic carbocycles. The molecule has 0 aromatic heterocycles. The molecule has 0 radical (unpaired) electrons. The molecule has 0 aliphatic rings.